The summed E-state index contributed by atoms with van der Waals surface area (Å²) in [4.78, 5) is 0. The van der Waals surface area contributed by atoms with Crippen LogP contribution in [0.4, 0.5) is 0 Å². The molecule has 0 atom stereocenters. The Bertz CT molecular complexity index is 1730. The zero-order chi connectivity index (χ0) is 30.1. The maximum absolute atomic E-state index is 10.0. The van der Waals surface area contributed by atoms with E-state index < -0.39 is 0 Å². The van der Waals surface area contributed by atoms with Crippen LogP contribution in [0.15, 0.2) is 97.1 Å². The number of hydrogen-bond donors (Lipinski definition) is 4. The molecule has 6 aromatic rings. The second-order valence-corrected chi connectivity index (χ2v) is 10.4. The molecule has 0 radical (unpaired) electrons. The van der Waals surface area contributed by atoms with E-state index in [1.165, 1.54) is 0 Å². The predicted molar refractivity (Wildman–Crippen MR) is 167 cm³/mol. The van der Waals surface area contributed by atoms with Gasteiger partial charge >= 0.3 is 0 Å². The minimum absolute atomic E-state index is 0.180. The first-order valence-electron chi connectivity index (χ1n) is 14.2. The van der Waals surface area contributed by atoms with Gasteiger partial charge in [0.15, 0.2) is 0 Å². The summed E-state index contributed by atoms with van der Waals surface area (Å²) in [5, 5.41) is 50.1. The normalized spacial score (nSPS) is 11.2. The molecule has 0 aliphatic rings. The second kappa shape index (κ2) is 11.4. The van der Waals surface area contributed by atoms with Crippen molar-refractivity contribution in [3.63, 3.8) is 0 Å². The first-order valence-corrected chi connectivity index (χ1v) is 14.2. The lowest BCUT2D eigenvalue weighted by atomic mass is 9.99. The summed E-state index contributed by atoms with van der Waals surface area (Å²) in [7, 11) is 0. The quantitative estimate of drug-likeness (QED) is 0.153. The summed E-state index contributed by atoms with van der Waals surface area (Å²) in [5.41, 5.74) is 9.05. The van der Waals surface area contributed by atoms with Crippen molar-refractivity contribution in [2.45, 2.75) is 33.4 Å². The van der Waals surface area contributed by atoms with E-state index in [1.54, 1.807) is 48.5 Å². The average Bonchev–Trinajstić information content (AvgIpc) is 3.57. The van der Waals surface area contributed by atoms with Crippen LogP contribution in [0.2, 0.25) is 0 Å². The van der Waals surface area contributed by atoms with Gasteiger partial charge in [-0.1, -0.05) is 13.8 Å². The summed E-state index contributed by atoms with van der Waals surface area (Å²) >= 11 is 0. The van der Waals surface area contributed by atoms with E-state index in [9.17, 15) is 20.4 Å². The molecule has 0 bridgehead atoms. The van der Waals surface area contributed by atoms with Crippen LogP contribution in [0.1, 0.15) is 25.0 Å². The fourth-order valence-electron chi connectivity index (χ4n) is 5.59. The number of rotatable bonds is 8. The van der Waals surface area contributed by atoms with Gasteiger partial charge in [0.2, 0.25) is 0 Å². The molecule has 2 heterocycles. The van der Waals surface area contributed by atoms with Gasteiger partial charge in [0.05, 0.1) is 22.8 Å². The molecular formula is C35H32N4O4. The highest BCUT2D eigenvalue weighted by Gasteiger charge is 2.24. The molecule has 8 nitrogen and oxygen atoms in total. The largest absolute Gasteiger partial charge is 0.508 e. The summed E-state index contributed by atoms with van der Waals surface area (Å²) in [6.07, 6.45) is 1.41. The minimum atomic E-state index is 0.180. The van der Waals surface area contributed by atoms with E-state index >= 15 is 0 Å². The van der Waals surface area contributed by atoms with E-state index in [2.05, 4.69) is 13.8 Å². The van der Waals surface area contributed by atoms with Crippen LogP contribution < -0.4 is 0 Å². The zero-order valence-electron chi connectivity index (χ0n) is 23.9. The van der Waals surface area contributed by atoms with Crippen molar-refractivity contribution in [1.29, 1.82) is 0 Å². The Morgan fingerprint density at radius 2 is 0.721 bits per heavy atom. The van der Waals surface area contributed by atoms with Gasteiger partial charge in [0.1, 0.15) is 29.7 Å². The Balaban J connectivity index is 1.58. The third-order valence-corrected chi connectivity index (χ3v) is 7.64. The average molecular weight is 573 g/mol. The van der Waals surface area contributed by atoms with Crippen molar-refractivity contribution >= 4 is 0 Å². The Hall–Kier alpha value is -5.50. The first kappa shape index (κ1) is 27.7. The fourth-order valence-corrected chi connectivity index (χ4v) is 5.59. The molecule has 2 aromatic heterocycles. The lowest BCUT2D eigenvalue weighted by molar-refractivity contribution is 0.474. The van der Waals surface area contributed by atoms with Crippen LogP contribution in [-0.4, -0.2) is 40.0 Å². The van der Waals surface area contributed by atoms with Crippen LogP contribution in [0.25, 0.3) is 45.0 Å². The van der Waals surface area contributed by atoms with Crippen LogP contribution >= 0.6 is 0 Å². The Morgan fingerprint density at radius 1 is 0.442 bits per heavy atom. The lowest BCUT2D eigenvalue weighted by Crippen LogP contribution is -2.14. The topological polar surface area (TPSA) is 117 Å². The zero-order valence-corrected chi connectivity index (χ0v) is 23.9. The summed E-state index contributed by atoms with van der Waals surface area (Å²) < 4.78 is 3.87. The monoisotopic (exact) mass is 572 g/mol. The second-order valence-electron chi connectivity index (χ2n) is 10.4. The van der Waals surface area contributed by atoms with Gasteiger partial charge in [-0.15, -0.1) is 0 Å². The summed E-state index contributed by atoms with van der Waals surface area (Å²) in [6, 6.07) is 28.2. The van der Waals surface area contributed by atoms with Crippen LogP contribution in [0.3, 0.4) is 0 Å². The van der Waals surface area contributed by atoms with Gasteiger partial charge in [-0.05, 0) is 110 Å². The van der Waals surface area contributed by atoms with E-state index in [0.29, 0.717) is 12.8 Å². The number of phenolic OH excluding ortho intramolecular Hbond substituents is 4. The maximum Gasteiger partial charge on any atom is 0.134 e. The molecule has 4 N–H and O–H groups in total. The number of hydrogen-bond acceptors (Lipinski definition) is 6. The van der Waals surface area contributed by atoms with Gasteiger partial charge in [0.25, 0.3) is 0 Å². The van der Waals surface area contributed by atoms with E-state index in [1.807, 2.05) is 57.9 Å². The van der Waals surface area contributed by atoms with Crippen molar-refractivity contribution < 1.29 is 20.4 Å². The molecule has 6 rings (SSSR count). The van der Waals surface area contributed by atoms with Gasteiger partial charge in [-0.25, -0.2) is 9.36 Å². The molecule has 43 heavy (non-hydrogen) atoms. The maximum atomic E-state index is 10.0. The molecule has 0 saturated heterocycles. The fraction of sp³-hybridized carbons (Fsp3) is 0.143. The van der Waals surface area contributed by atoms with Crippen LogP contribution in [-0.2, 0) is 19.5 Å². The SMILES string of the molecule is CCc1c(-c2ccc(O)cc2)nn(Cn2nc(-c3ccc(O)cc3)c(CC)c2-c2ccc(O)cc2)c1-c1ccc(O)cc1. The van der Waals surface area contributed by atoms with E-state index in [0.717, 1.165) is 56.2 Å². The molecule has 4 aromatic carbocycles. The van der Waals surface area contributed by atoms with Crippen LogP contribution in [0, 0.1) is 0 Å². The van der Waals surface area contributed by atoms with E-state index in [-0.39, 0.29) is 29.7 Å². The third-order valence-electron chi connectivity index (χ3n) is 7.64. The number of phenols is 4. The summed E-state index contributed by atoms with van der Waals surface area (Å²) in [6.45, 7) is 4.45. The van der Waals surface area contributed by atoms with Crippen molar-refractivity contribution in [3.05, 3.63) is 108 Å². The molecule has 0 aliphatic carbocycles. The lowest BCUT2D eigenvalue weighted by Gasteiger charge is -2.13. The van der Waals surface area contributed by atoms with Gasteiger partial charge < -0.3 is 20.4 Å². The van der Waals surface area contributed by atoms with Gasteiger partial charge in [-0.2, -0.15) is 10.2 Å². The molecule has 0 saturated carbocycles. The molecule has 0 amide bonds. The smallest absolute Gasteiger partial charge is 0.134 e. The highest BCUT2D eigenvalue weighted by atomic mass is 16.3. The Labute approximate surface area is 249 Å². The first-order chi connectivity index (χ1) is 20.9. The molecule has 0 fully saturated rings. The summed E-state index contributed by atoms with van der Waals surface area (Å²) in [5.74, 6) is 0.728. The highest BCUT2D eigenvalue weighted by Crippen LogP contribution is 2.37. The predicted octanol–water partition coefficient (Wildman–Crippen LogP) is 7.20. The molecule has 0 aliphatic heterocycles. The van der Waals surface area contributed by atoms with Crippen molar-refractivity contribution in [2.75, 3.05) is 0 Å². The molecule has 0 spiro atoms. The molecular weight excluding hydrogens is 540 g/mol. The Kier molecular flexibility index (Phi) is 7.34. The highest BCUT2D eigenvalue weighted by molar-refractivity contribution is 5.77. The number of aromatic nitrogens is 4. The third kappa shape index (κ3) is 5.30. The number of nitrogens with zero attached hydrogens (tertiary/aromatic N) is 4. The van der Waals surface area contributed by atoms with Crippen molar-refractivity contribution in [3.8, 4) is 68.0 Å². The molecule has 8 heteroatoms. The number of aromatic hydroxyl groups is 4. The van der Waals surface area contributed by atoms with Crippen molar-refractivity contribution in [2.24, 2.45) is 0 Å². The van der Waals surface area contributed by atoms with E-state index in [4.69, 9.17) is 10.2 Å². The molecule has 216 valence electrons. The standard InChI is InChI=1S/C35H32N4O4/c1-3-30-32(22-5-13-26(40)14-6-22)36-38(34(30)24-9-17-28(42)18-10-24)21-39-35(25-11-19-29(43)20-12-25)31(4-2)33(37-39)23-7-15-27(41)16-8-23/h5-20,40-43H,3-4,21H2,1-2H3. The van der Waals surface area contributed by atoms with Gasteiger partial charge in [-0.3, -0.25) is 0 Å². The molecule has 0 unspecified atom stereocenters. The minimum Gasteiger partial charge on any atom is -0.508 e. The number of benzene rings is 4. The Morgan fingerprint density at radius 3 is 1.00 bits per heavy atom. The van der Waals surface area contributed by atoms with Gasteiger partial charge in [0, 0.05) is 33.4 Å². The van der Waals surface area contributed by atoms with Crippen molar-refractivity contribution in [1.82, 2.24) is 19.6 Å². The van der Waals surface area contributed by atoms with Crippen LogP contribution in [0.5, 0.6) is 23.0 Å².